The SMILES string of the molecule is N#Cc1cccc(-n2ccc3cc(-c4cc(-c5cc(-c6ccccc6)cc(-c6ccccc6)c5)cc(-c5cccc6ccccc56)c4)ccc32)c1. The van der Waals surface area contributed by atoms with Gasteiger partial charge < -0.3 is 4.57 Å². The van der Waals surface area contributed by atoms with Gasteiger partial charge in [0.2, 0.25) is 0 Å². The van der Waals surface area contributed by atoms with Crippen LogP contribution in [0.2, 0.25) is 0 Å². The van der Waals surface area contributed by atoms with E-state index in [4.69, 9.17) is 0 Å². The fourth-order valence-corrected chi connectivity index (χ4v) is 7.25. The highest BCUT2D eigenvalue weighted by atomic mass is 15.0. The van der Waals surface area contributed by atoms with E-state index in [-0.39, 0.29) is 0 Å². The molecule has 0 atom stereocenters. The van der Waals surface area contributed by atoms with E-state index in [0.29, 0.717) is 5.56 Å². The van der Waals surface area contributed by atoms with E-state index < -0.39 is 0 Å². The molecule has 0 radical (unpaired) electrons. The molecule has 0 aliphatic rings. The predicted molar refractivity (Wildman–Crippen MR) is 213 cm³/mol. The molecule has 0 N–H and O–H groups in total. The molecule has 51 heavy (non-hydrogen) atoms. The Hall–Kier alpha value is -6.95. The standard InChI is InChI=1S/C49H32N2/c50-33-34-11-9-18-46(25-34)51-24-23-39-26-38(21-22-49(39)51)42-30-44(32-45(31-42)48-20-10-17-37-16-7-8-19-47(37)48)43-28-40(35-12-3-1-4-13-35)27-41(29-43)36-14-5-2-6-15-36/h1-32H. The highest BCUT2D eigenvalue weighted by molar-refractivity contribution is 5.99. The van der Waals surface area contributed by atoms with Gasteiger partial charge in [-0.3, -0.25) is 0 Å². The summed E-state index contributed by atoms with van der Waals surface area (Å²) in [5.74, 6) is 0. The number of nitrogens with zero attached hydrogens (tertiary/aromatic N) is 2. The Morgan fingerprint density at radius 2 is 0.941 bits per heavy atom. The lowest BCUT2D eigenvalue weighted by atomic mass is 9.89. The van der Waals surface area contributed by atoms with Crippen LogP contribution >= 0.6 is 0 Å². The molecule has 9 aromatic rings. The van der Waals surface area contributed by atoms with Crippen molar-refractivity contribution in [3.05, 3.63) is 200 Å². The fourth-order valence-electron chi connectivity index (χ4n) is 7.25. The predicted octanol–water partition coefficient (Wildman–Crippen LogP) is 13.0. The number of rotatable bonds is 6. The van der Waals surface area contributed by atoms with Gasteiger partial charge in [0.25, 0.3) is 0 Å². The van der Waals surface area contributed by atoms with Crippen LogP contribution in [0.25, 0.3) is 83.0 Å². The third-order valence-electron chi connectivity index (χ3n) is 9.79. The van der Waals surface area contributed by atoms with Crippen LogP contribution in [-0.2, 0) is 0 Å². The molecule has 0 saturated carbocycles. The topological polar surface area (TPSA) is 28.7 Å². The lowest BCUT2D eigenvalue weighted by Gasteiger charge is -2.15. The summed E-state index contributed by atoms with van der Waals surface area (Å²) in [5, 5.41) is 13.1. The summed E-state index contributed by atoms with van der Waals surface area (Å²) in [4.78, 5) is 0. The molecule has 0 aliphatic heterocycles. The molecule has 2 heteroatoms. The molecule has 8 aromatic carbocycles. The zero-order valence-electron chi connectivity index (χ0n) is 27.9. The highest BCUT2D eigenvalue weighted by Crippen LogP contribution is 2.39. The van der Waals surface area contributed by atoms with E-state index in [1.54, 1.807) is 0 Å². The van der Waals surface area contributed by atoms with Crippen molar-refractivity contribution in [2.24, 2.45) is 0 Å². The van der Waals surface area contributed by atoms with Crippen molar-refractivity contribution in [3.63, 3.8) is 0 Å². The van der Waals surface area contributed by atoms with Gasteiger partial charge in [-0.15, -0.1) is 0 Å². The number of aromatic nitrogens is 1. The molecule has 1 aromatic heterocycles. The van der Waals surface area contributed by atoms with E-state index >= 15 is 0 Å². The van der Waals surface area contributed by atoms with Gasteiger partial charge in [0, 0.05) is 17.3 Å². The Bertz CT molecular complexity index is 2680. The van der Waals surface area contributed by atoms with Crippen LogP contribution in [0.5, 0.6) is 0 Å². The van der Waals surface area contributed by atoms with Crippen molar-refractivity contribution in [2.75, 3.05) is 0 Å². The average Bonchev–Trinajstić information content (AvgIpc) is 3.64. The number of hydrogen-bond acceptors (Lipinski definition) is 1. The number of benzene rings is 8. The maximum Gasteiger partial charge on any atom is 0.0992 e. The minimum atomic E-state index is 0.649. The van der Waals surface area contributed by atoms with Gasteiger partial charge in [0.15, 0.2) is 0 Å². The largest absolute Gasteiger partial charge is 0.317 e. The number of nitriles is 1. The van der Waals surface area contributed by atoms with Gasteiger partial charge >= 0.3 is 0 Å². The Balaban J connectivity index is 1.25. The van der Waals surface area contributed by atoms with Crippen LogP contribution in [0.15, 0.2) is 194 Å². The van der Waals surface area contributed by atoms with E-state index in [9.17, 15) is 5.26 Å². The first-order chi connectivity index (χ1) is 25.2. The van der Waals surface area contributed by atoms with Crippen LogP contribution in [0.1, 0.15) is 5.56 Å². The first kappa shape index (κ1) is 30.1. The molecular formula is C49H32N2. The zero-order valence-corrected chi connectivity index (χ0v) is 27.9. The molecule has 1 heterocycles. The Labute approximate surface area is 297 Å². The van der Waals surface area contributed by atoms with Crippen molar-refractivity contribution < 1.29 is 0 Å². The quantitative estimate of drug-likeness (QED) is 0.176. The monoisotopic (exact) mass is 648 g/mol. The Kier molecular flexibility index (Phi) is 7.58. The molecule has 0 unspecified atom stereocenters. The van der Waals surface area contributed by atoms with Gasteiger partial charge in [0.05, 0.1) is 17.1 Å². The van der Waals surface area contributed by atoms with E-state index in [2.05, 4.69) is 181 Å². The zero-order chi connectivity index (χ0) is 34.1. The summed E-state index contributed by atoms with van der Waals surface area (Å²) in [6, 6.07) is 69.3. The molecule has 9 rings (SSSR count). The fraction of sp³-hybridized carbons (Fsp3) is 0. The van der Waals surface area contributed by atoms with Crippen LogP contribution in [0.4, 0.5) is 0 Å². The van der Waals surface area contributed by atoms with Crippen LogP contribution in [0, 0.1) is 11.3 Å². The molecule has 0 aliphatic carbocycles. The summed E-state index contributed by atoms with van der Waals surface area (Å²) in [7, 11) is 0. The Morgan fingerprint density at radius 3 is 1.63 bits per heavy atom. The van der Waals surface area contributed by atoms with Gasteiger partial charge in [0.1, 0.15) is 0 Å². The third kappa shape index (κ3) is 5.78. The second kappa shape index (κ2) is 12.8. The van der Waals surface area contributed by atoms with Crippen molar-refractivity contribution in [1.29, 1.82) is 5.26 Å². The summed E-state index contributed by atoms with van der Waals surface area (Å²) in [5.41, 5.74) is 14.5. The van der Waals surface area contributed by atoms with E-state index in [0.717, 1.165) is 33.3 Å². The minimum Gasteiger partial charge on any atom is -0.317 e. The maximum absolute atomic E-state index is 9.49. The second-order valence-electron chi connectivity index (χ2n) is 13.0. The van der Waals surface area contributed by atoms with Crippen molar-refractivity contribution in [3.8, 4) is 67.4 Å². The van der Waals surface area contributed by atoms with Gasteiger partial charge in [-0.1, -0.05) is 115 Å². The minimum absolute atomic E-state index is 0.649. The number of fused-ring (bicyclic) bond motifs is 2. The lowest BCUT2D eigenvalue weighted by Crippen LogP contribution is -1.92. The molecule has 0 spiro atoms. The summed E-state index contributed by atoms with van der Waals surface area (Å²) in [6.07, 6.45) is 2.09. The summed E-state index contributed by atoms with van der Waals surface area (Å²) < 4.78 is 2.15. The van der Waals surface area contributed by atoms with Gasteiger partial charge in [-0.25, -0.2) is 0 Å². The maximum atomic E-state index is 9.49. The average molecular weight is 649 g/mol. The molecule has 0 bridgehead atoms. The first-order valence-corrected chi connectivity index (χ1v) is 17.2. The molecule has 0 saturated heterocycles. The van der Waals surface area contributed by atoms with Crippen molar-refractivity contribution in [2.45, 2.75) is 0 Å². The molecule has 238 valence electrons. The molecule has 0 fully saturated rings. The van der Waals surface area contributed by atoms with Crippen molar-refractivity contribution in [1.82, 2.24) is 4.57 Å². The van der Waals surface area contributed by atoms with Gasteiger partial charge in [-0.2, -0.15) is 5.26 Å². The van der Waals surface area contributed by atoms with Crippen LogP contribution < -0.4 is 0 Å². The second-order valence-corrected chi connectivity index (χ2v) is 13.0. The van der Waals surface area contributed by atoms with Gasteiger partial charge in [-0.05, 0) is 139 Å². The van der Waals surface area contributed by atoms with E-state index in [1.807, 2.05) is 24.3 Å². The highest BCUT2D eigenvalue weighted by Gasteiger charge is 2.14. The van der Waals surface area contributed by atoms with E-state index in [1.165, 1.54) is 49.7 Å². The normalized spacial score (nSPS) is 11.1. The smallest absolute Gasteiger partial charge is 0.0992 e. The third-order valence-corrected chi connectivity index (χ3v) is 9.79. The van der Waals surface area contributed by atoms with Crippen LogP contribution in [0.3, 0.4) is 0 Å². The van der Waals surface area contributed by atoms with Crippen molar-refractivity contribution >= 4 is 21.7 Å². The van der Waals surface area contributed by atoms with Crippen LogP contribution in [-0.4, -0.2) is 4.57 Å². The number of hydrogen-bond donors (Lipinski definition) is 0. The first-order valence-electron chi connectivity index (χ1n) is 17.2. The summed E-state index contributed by atoms with van der Waals surface area (Å²) in [6.45, 7) is 0. The molecule has 0 amide bonds. The Morgan fingerprint density at radius 1 is 0.373 bits per heavy atom. The molecular weight excluding hydrogens is 617 g/mol. The lowest BCUT2D eigenvalue weighted by molar-refractivity contribution is 1.13. The summed E-state index contributed by atoms with van der Waals surface area (Å²) >= 11 is 0. The molecule has 2 nitrogen and oxygen atoms in total.